The fraction of sp³-hybridized carbons (Fsp3) is 0.593. The molecule has 1 aromatic carbocycles. The highest BCUT2D eigenvalue weighted by Gasteiger charge is 2.44. The van der Waals surface area contributed by atoms with Crippen LogP contribution >= 0.6 is 0 Å². The van der Waals surface area contributed by atoms with E-state index < -0.39 is 31.8 Å². The summed E-state index contributed by atoms with van der Waals surface area (Å²) in [6.45, 7) is 4.18. The standard InChI is InChI=1S/C27H39N5O8S2/c1-28-41(34,35)24-4-2-3-23(15-24)39-20-22(33)17-29-21-16-27(40-19-21)7-9-32(10-8-27)42(36,37)25-5-6-26(30-18-25)31-11-13-38-14-12-31/h2-6,15,18,21-22,28-29,33H,7-14,16-17,19-20H2,1H3. The quantitative estimate of drug-likeness (QED) is 0.312. The number of aromatic nitrogens is 1. The highest BCUT2D eigenvalue weighted by atomic mass is 32.2. The Morgan fingerprint density at radius 3 is 2.55 bits per heavy atom. The molecule has 3 fully saturated rings. The zero-order valence-corrected chi connectivity index (χ0v) is 25.3. The van der Waals surface area contributed by atoms with Crippen LogP contribution in [0.25, 0.3) is 0 Å². The van der Waals surface area contributed by atoms with Crippen molar-refractivity contribution in [3.8, 4) is 5.75 Å². The van der Waals surface area contributed by atoms with Crippen LogP contribution in [0.5, 0.6) is 5.75 Å². The molecule has 13 nitrogen and oxygen atoms in total. The maximum absolute atomic E-state index is 13.3. The van der Waals surface area contributed by atoms with Gasteiger partial charge in [-0.3, -0.25) is 0 Å². The molecule has 4 heterocycles. The Balaban J connectivity index is 1.06. The van der Waals surface area contributed by atoms with Gasteiger partial charge in [-0.2, -0.15) is 4.31 Å². The topological polar surface area (TPSA) is 160 Å². The van der Waals surface area contributed by atoms with Crippen LogP contribution in [0.4, 0.5) is 5.82 Å². The number of anilines is 1. The second-order valence-corrected chi connectivity index (χ2v) is 14.6. The monoisotopic (exact) mass is 625 g/mol. The molecule has 0 saturated carbocycles. The molecule has 2 aromatic rings. The smallest absolute Gasteiger partial charge is 0.244 e. The van der Waals surface area contributed by atoms with Crippen molar-refractivity contribution in [2.24, 2.45) is 0 Å². The Labute approximate surface area is 247 Å². The average Bonchev–Trinajstić information content (AvgIpc) is 3.41. The molecule has 3 saturated heterocycles. The Bertz CT molecular complexity index is 1410. The number of hydrogen-bond acceptors (Lipinski definition) is 11. The summed E-state index contributed by atoms with van der Waals surface area (Å²) in [5.74, 6) is 1.10. The Hall–Kier alpha value is -2.37. The molecule has 232 valence electrons. The van der Waals surface area contributed by atoms with Crippen molar-refractivity contribution < 1.29 is 36.2 Å². The van der Waals surface area contributed by atoms with E-state index in [0.717, 1.165) is 18.9 Å². The van der Waals surface area contributed by atoms with Crippen molar-refractivity contribution in [3.63, 3.8) is 0 Å². The average molecular weight is 626 g/mol. The van der Waals surface area contributed by atoms with Gasteiger partial charge < -0.3 is 29.5 Å². The summed E-state index contributed by atoms with van der Waals surface area (Å²) >= 11 is 0. The summed E-state index contributed by atoms with van der Waals surface area (Å²) in [4.78, 5) is 6.76. The maximum Gasteiger partial charge on any atom is 0.244 e. The predicted molar refractivity (Wildman–Crippen MR) is 155 cm³/mol. The van der Waals surface area contributed by atoms with Gasteiger partial charge in [0.1, 0.15) is 29.2 Å². The zero-order valence-electron chi connectivity index (χ0n) is 23.6. The van der Waals surface area contributed by atoms with Gasteiger partial charge in [-0.25, -0.2) is 26.5 Å². The van der Waals surface area contributed by atoms with E-state index in [0.29, 0.717) is 57.9 Å². The van der Waals surface area contributed by atoms with Crippen molar-refractivity contribution in [2.45, 2.75) is 46.8 Å². The van der Waals surface area contributed by atoms with Crippen LogP contribution in [0, 0.1) is 0 Å². The van der Waals surface area contributed by atoms with Gasteiger partial charge in [-0.15, -0.1) is 0 Å². The number of morpholine rings is 1. The number of ether oxygens (including phenoxy) is 3. The highest BCUT2D eigenvalue weighted by molar-refractivity contribution is 7.89. The normalized spacial score (nSPS) is 22.3. The third-order valence-electron chi connectivity index (χ3n) is 8.01. The van der Waals surface area contributed by atoms with Crippen LogP contribution in [0.1, 0.15) is 19.3 Å². The molecule has 2 unspecified atom stereocenters. The molecule has 3 N–H and O–H groups in total. The van der Waals surface area contributed by atoms with Gasteiger partial charge in [0, 0.05) is 51.0 Å². The maximum atomic E-state index is 13.3. The summed E-state index contributed by atoms with van der Waals surface area (Å²) < 4.78 is 71.5. The highest BCUT2D eigenvalue weighted by Crippen LogP contribution is 2.37. The van der Waals surface area contributed by atoms with Crippen LogP contribution in [0.2, 0.25) is 0 Å². The van der Waals surface area contributed by atoms with Crippen molar-refractivity contribution in [3.05, 3.63) is 42.6 Å². The molecule has 0 radical (unpaired) electrons. The molecule has 0 amide bonds. The summed E-state index contributed by atoms with van der Waals surface area (Å²) in [5.41, 5.74) is -0.400. The molecule has 3 aliphatic heterocycles. The van der Waals surface area contributed by atoms with Gasteiger partial charge in [0.15, 0.2) is 0 Å². The Kier molecular flexibility index (Phi) is 9.69. The van der Waals surface area contributed by atoms with E-state index in [1.165, 1.54) is 29.7 Å². The summed E-state index contributed by atoms with van der Waals surface area (Å²) in [5, 5.41) is 13.7. The third kappa shape index (κ3) is 7.22. The van der Waals surface area contributed by atoms with E-state index in [2.05, 4.69) is 19.9 Å². The molecule has 15 heteroatoms. The van der Waals surface area contributed by atoms with Gasteiger partial charge >= 0.3 is 0 Å². The number of benzene rings is 1. The van der Waals surface area contributed by atoms with Crippen LogP contribution < -0.4 is 19.7 Å². The molecule has 2 atom stereocenters. The van der Waals surface area contributed by atoms with Crippen molar-refractivity contribution in [2.75, 3.05) is 71.1 Å². The van der Waals surface area contributed by atoms with E-state index in [9.17, 15) is 21.9 Å². The van der Waals surface area contributed by atoms with E-state index in [1.807, 2.05) is 0 Å². The van der Waals surface area contributed by atoms with Crippen LogP contribution in [0.3, 0.4) is 0 Å². The minimum absolute atomic E-state index is 0.0100. The zero-order chi connectivity index (χ0) is 29.8. The second kappa shape index (κ2) is 13.1. The summed E-state index contributed by atoms with van der Waals surface area (Å²) in [6, 6.07) is 9.48. The minimum Gasteiger partial charge on any atom is -0.491 e. The summed E-state index contributed by atoms with van der Waals surface area (Å²) in [6.07, 6.45) is 2.50. The lowest BCUT2D eigenvalue weighted by Crippen LogP contribution is -2.47. The fourth-order valence-corrected chi connectivity index (χ4v) is 7.67. The van der Waals surface area contributed by atoms with Gasteiger partial charge in [-0.1, -0.05) is 6.07 Å². The number of aliphatic hydroxyl groups excluding tert-OH is 1. The lowest BCUT2D eigenvalue weighted by atomic mass is 9.88. The van der Waals surface area contributed by atoms with E-state index >= 15 is 0 Å². The predicted octanol–water partition coefficient (Wildman–Crippen LogP) is 0.168. The number of hydrogen-bond donors (Lipinski definition) is 3. The summed E-state index contributed by atoms with van der Waals surface area (Å²) in [7, 11) is -5.91. The number of rotatable bonds is 11. The van der Waals surface area contributed by atoms with Crippen molar-refractivity contribution in [1.82, 2.24) is 19.3 Å². The first kappa shape index (κ1) is 31.1. The molecule has 0 aliphatic carbocycles. The molecule has 42 heavy (non-hydrogen) atoms. The first-order valence-corrected chi connectivity index (χ1v) is 17.0. The SMILES string of the molecule is CNS(=O)(=O)c1cccc(OCC(O)CNC2COC3(CCN(S(=O)(=O)c4ccc(N5CCOCC5)nc4)CC3)C2)c1. The molecule has 0 bridgehead atoms. The number of nitrogens with zero attached hydrogens (tertiary/aromatic N) is 3. The van der Waals surface area contributed by atoms with E-state index in [4.69, 9.17) is 14.2 Å². The number of pyridine rings is 1. The van der Waals surface area contributed by atoms with Gasteiger partial charge in [-0.05, 0) is 50.6 Å². The molecule has 1 aromatic heterocycles. The number of sulfonamides is 2. The second-order valence-electron chi connectivity index (χ2n) is 10.8. The number of aliphatic hydroxyl groups is 1. The van der Waals surface area contributed by atoms with Crippen molar-refractivity contribution >= 4 is 25.9 Å². The van der Waals surface area contributed by atoms with Crippen LogP contribution in [-0.2, 0) is 29.5 Å². The molecular formula is C27H39N5O8S2. The lowest BCUT2D eigenvalue weighted by molar-refractivity contribution is -0.0312. The van der Waals surface area contributed by atoms with E-state index in [1.54, 1.807) is 24.3 Å². The molecular weight excluding hydrogens is 586 g/mol. The van der Waals surface area contributed by atoms with Gasteiger partial charge in [0.2, 0.25) is 20.0 Å². The minimum atomic E-state index is -3.66. The molecule has 5 rings (SSSR count). The van der Waals surface area contributed by atoms with Gasteiger partial charge in [0.25, 0.3) is 0 Å². The lowest BCUT2D eigenvalue weighted by Gasteiger charge is -2.38. The number of nitrogens with one attached hydrogen (secondary N) is 2. The van der Waals surface area contributed by atoms with Gasteiger partial charge in [0.05, 0.1) is 30.3 Å². The van der Waals surface area contributed by atoms with Crippen molar-refractivity contribution in [1.29, 1.82) is 0 Å². The first-order chi connectivity index (χ1) is 20.1. The molecule has 3 aliphatic rings. The third-order valence-corrected chi connectivity index (χ3v) is 11.3. The fourth-order valence-electron chi connectivity index (χ4n) is 5.51. The number of piperidine rings is 1. The Morgan fingerprint density at radius 1 is 1.10 bits per heavy atom. The first-order valence-electron chi connectivity index (χ1n) is 14.1. The Morgan fingerprint density at radius 2 is 1.86 bits per heavy atom. The largest absolute Gasteiger partial charge is 0.491 e. The van der Waals surface area contributed by atoms with Crippen LogP contribution in [0.15, 0.2) is 52.4 Å². The van der Waals surface area contributed by atoms with Crippen LogP contribution in [-0.4, -0.2) is 115 Å². The van der Waals surface area contributed by atoms with E-state index in [-0.39, 0.29) is 29.0 Å². The molecule has 1 spiro atoms.